The molecule has 0 saturated heterocycles. The molecule has 0 aliphatic heterocycles. The van der Waals surface area contributed by atoms with E-state index in [4.69, 9.17) is 4.42 Å². The van der Waals surface area contributed by atoms with Crippen molar-refractivity contribution in [2.24, 2.45) is 0 Å². The van der Waals surface area contributed by atoms with Crippen molar-refractivity contribution in [3.8, 4) is 17.1 Å². The summed E-state index contributed by atoms with van der Waals surface area (Å²) in [6, 6.07) is 6.88. The number of hydrogen-bond acceptors (Lipinski definition) is 5. The second kappa shape index (κ2) is 6.26. The average molecular weight is 497 g/mol. The third-order valence-electron chi connectivity index (χ3n) is 3.76. The zero-order valence-electron chi connectivity index (χ0n) is 13.4. The number of fused-ring (bicyclic) bond motifs is 1. The summed E-state index contributed by atoms with van der Waals surface area (Å²) in [6.45, 7) is 5.86. The van der Waals surface area contributed by atoms with E-state index < -0.39 is 0 Å². The first-order chi connectivity index (χ1) is 11.1. The summed E-state index contributed by atoms with van der Waals surface area (Å²) < 4.78 is 7.55. The van der Waals surface area contributed by atoms with Gasteiger partial charge in [0.05, 0.1) is 11.4 Å². The molecule has 3 heterocycles. The van der Waals surface area contributed by atoms with Gasteiger partial charge in [0.25, 0.3) is 0 Å². The Hall–Kier alpha value is -2.37. The van der Waals surface area contributed by atoms with Crippen LogP contribution in [0.15, 0.2) is 35.3 Å². The number of nitrogens with zero attached hydrogens (tertiary/aromatic N) is 5. The maximum atomic E-state index is 5.60. The summed E-state index contributed by atoms with van der Waals surface area (Å²) in [4.78, 5) is 8.68. The Morgan fingerprint density at radius 3 is 2.62 bits per heavy atom. The van der Waals surface area contributed by atoms with Crippen molar-refractivity contribution in [1.82, 2.24) is 24.7 Å². The van der Waals surface area contributed by atoms with E-state index in [0.29, 0.717) is 17.3 Å². The molecule has 4 aromatic rings. The van der Waals surface area contributed by atoms with Crippen molar-refractivity contribution in [2.75, 3.05) is 0 Å². The molecule has 1 aromatic carbocycles. The summed E-state index contributed by atoms with van der Waals surface area (Å²) in [5, 5.41) is 8.37. The topological polar surface area (TPSA) is 69.6 Å². The minimum atomic E-state index is 0. The number of aromatic nitrogens is 5. The first-order valence-corrected chi connectivity index (χ1v) is 7.25. The maximum Gasteiger partial charge on any atom is 0.180 e. The molecule has 24 heavy (non-hydrogen) atoms. The van der Waals surface area contributed by atoms with Crippen molar-refractivity contribution in [3.05, 3.63) is 53.9 Å². The number of oxazole rings is 1. The van der Waals surface area contributed by atoms with Crippen LogP contribution in [-0.2, 0) is 20.1 Å². The second-order valence-electron chi connectivity index (χ2n) is 5.44. The molecule has 0 spiro atoms. The number of rotatable bonds is 2. The van der Waals surface area contributed by atoms with Crippen LogP contribution in [0.25, 0.3) is 28.2 Å². The molecule has 4 rings (SSSR count). The normalized spacial score (nSPS) is 10.8. The van der Waals surface area contributed by atoms with Crippen molar-refractivity contribution < 1.29 is 24.5 Å². The Kier molecular flexibility index (Phi) is 4.30. The SMILES string of the molecule is Cc1nc2c(-c3nncn3-c3c(C)cncc3C)[c-]ccc2o1.[Ir]. The fraction of sp³-hybridized carbons (Fsp3) is 0.176. The molecule has 3 aromatic heterocycles. The van der Waals surface area contributed by atoms with Crippen LogP contribution < -0.4 is 0 Å². The molecule has 0 bridgehead atoms. The molecule has 6 nitrogen and oxygen atoms in total. The molecular weight excluding hydrogens is 482 g/mol. The van der Waals surface area contributed by atoms with Crippen LogP contribution in [0.2, 0.25) is 0 Å². The van der Waals surface area contributed by atoms with Gasteiger partial charge in [0.15, 0.2) is 5.89 Å². The minimum Gasteiger partial charge on any atom is -0.461 e. The third-order valence-corrected chi connectivity index (χ3v) is 3.76. The van der Waals surface area contributed by atoms with Crippen LogP contribution in [0.3, 0.4) is 0 Å². The molecule has 123 valence electrons. The second-order valence-corrected chi connectivity index (χ2v) is 5.44. The van der Waals surface area contributed by atoms with Gasteiger partial charge in [-0.05, 0) is 25.0 Å². The van der Waals surface area contributed by atoms with E-state index in [2.05, 4.69) is 26.2 Å². The minimum absolute atomic E-state index is 0. The van der Waals surface area contributed by atoms with Gasteiger partial charge in [0, 0.05) is 50.6 Å². The Balaban J connectivity index is 0.00000169. The van der Waals surface area contributed by atoms with E-state index >= 15 is 0 Å². The van der Waals surface area contributed by atoms with E-state index in [1.54, 1.807) is 6.33 Å². The number of hydrogen-bond donors (Lipinski definition) is 0. The number of benzene rings is 1. The predicted molar refractivity (Wildman–Crippen MR) is 85.2 cm³/mol. The summed E-state index contributed by atoms with van der Waals surface area (Å²) in [6.07, 6.45) is 5.36. The third kappa shape index (κ3) is 2.56. The van der Waals surface area contributed by atoms with Crippen LogP contribution in [0.5, 0.6) is 0 Å². The van der Waals surface area contributed by atoms with Gasteiger partial charge in [-0.15, -0.1) is 17.2 Å². The van der Waals surface area contributed by atoms with Crippen molar-refractivity contribution in [3.63, 3.8) is 0 Å². The van der Waals surface area contributed by atoms with E-state index in [9.17, 15) is 0 Å². The number of aryl methyl sites for hydroxylation is 3. The zero-order valence-corrected chi connectivity index (χ0v) is 15.8. The van der Waals surface area contributed by atoms with Crippen LogP contribution in [0.1, 0.15) is 17.0 Å². The average Bonchev–Trinajstić information content (AvgIpc) is 3.12. The Morgan fingerprint density at radius 1 is 1.12 bits per heavy atom. The standard InChI is InChI=1S/C17H14N5O.Ir/c1-10-7-18-8-11(2)16(10)22-9-19-21-17(22)13-5-4-6-14-15(13)20-12(3)23-14;/h4,6-9H,1-3H3;/q-1;. The number of pyridine rings is 1. The van der Waals surface area contributed by atoms with E-state index in [1.165, 1.54) is 0 Å². The summed E-state index contributed by atoms with van der Waals surface area (Å²) in [5.74, 6) is 1.30. The summed E-state index contributed by atoms with van der Waals surface area (Å²) >= 11 is 0. The molecule has 0 aliphatic carbocycles. The smallest absolute Gasteiger partial charge is 0.180 e. The van der Waals surface area contributed by atoms with Crippen LogP contribution in [0.4, 0.5) is 0 Å². The largest absolute Gasteiger partial charge is 0.461 e. The zero-order chi connectivity index (χ0) is 16.0. The van der Waals surface area contributed by atoms with Gasteiger partial charge in [-0.1, -0.05) is 11.6 Å². The Bertz CT molecular complexity index is 1000. The molecule has 1 radical (unpaired) electrons. The van der Waals surface area contributed by atoms with Crippen molar-refractivity contribution >= 4 is 11.1 Å². The predicted octanol–water partition coefficient (Wildman–Crippen LogP) is 3.19. The van der Waals surface area contributed by atoms with Gasteiger partial charge in [-0.3, -0.25) is 9.97 Å². The Morgan fingerprint density at radius 2 is 1.88 bits per heavy atom. The van der Waals surface area contributed by atoms with Crippen LogP contribution in [0, 0.1) is 26.8 Å². The molecule has 0 amide bonds. The first kappa shape index (κ1) is 16.5. The molecule has 0 atom stereocenters. The van der Waals surface area contributed by atoms with Crippen LogP contribution >= 0.6 is 0 Å². The molecule has 0 aliphatic rings. The molecule has 0 N–H and O–H groups in total. The quantitative estimate of drug-likeness (QED) is 0.399. The molecule has 0 unspecified atom stereocenters. The van der Waals surface area contributed by atoms with Gasteiger partial charge in [0.2, 0.25) is 0 Å². The molecular formula is C17H14IrN5O-. The fourth-order valence-electron chi connectivity index (χ4n) is 2.82. The molecule has 7 heteroatoms. The van der Waals surface area contributed by atoms with Gasteiger partial charge >= 0.3 is 0 Å². The molecule has 0 saturated carbocycles. The van der Waals surface area contributed by atoms with Gasteiger partial charge in [-0.25, -0.2) is 0 Å². The van der Waals surface area contributed by atoms with Crippen molar-refractivity contribution in [1.29, 1.82) is 0 Å². The molecule has 0 fully saturated rings. The summed E-state index contributed by atoms with van der Waals surface area (Å²) in [7, 11) is 0. The first-order valence-electron chi connectivity index (χ1n) is 7.25. The Labute approximate surface area is 152 Å². The van der Waals surface area contributed by atoms with Gasteiger partial charge in [0.1, 0.15) is 6.33 Å². The van der Waals surface area contributed by atoms with Crippen LogP contribution in [-0.4, -0.2) is 24.7 Å². The summed E-state index contributed by atoms with van der Waals surface area (Å²) in [5.41, 5.74) is 5.35. The van der Waals surface area contributed by atoms with E-state index in [0.717, 1.165) is 27.9 Å². The van der Waals surface area contributed by atoms with E-state index in [1.807, 2.05) is 49.9 Å². The van der Waals surface area contributed by atoms with Gasteiger partial charge < -0.3 is 8.98 Å². The maximum absolute atomic E-state index is 5.60. The van der Waals surface area contributed by atoms with Crippen molar-refractivity contribution in [2.45, 2.75) is 20.8 Å². The van der Waals surface area contributed by atoms with Gasteiger partial charge in [-0.2, -0.15) is 5.10 Å². The fourth-order valence-corrected chi connectivity index (χ4v) is 2.82. The monoisotopic (exact) mass is 497 g/mol. The van der Waals surface area contributed by atoms with E-state index in [-0.39, 0.29) is 20.1 Å².